The van der Waals surface area contributed by atoms with E-state index in [1.807, 2.05) is 0 Å². The highest BCUT2D eigenvalue weighted by molar-refractivity contribution is 5.90. The normalized spacial score (nSPS) is 39.1. The molecular weight excluding hydrogens is 504 g/mol. The maximum absolute atomic E-state index is 12.3. The van der Waals surface area contributed by atoms with Crippen LogP contribution in [-0.4, -0.2) is 58.9 Å². The number of rotatable bonds is 11. The second kappa shape index (κ2) is 13.5. The van der Waals surface area contributed by atoms with Crippen LogP contribution in [0.25, 0.3) is 0 Å². The smallest absolute Gasteiger partial charge is 0.334 e. The molecule has 0 unspecified atom stereocenters. The van der Waals surface area contributed by atoms with Crippen molar-refractivity contribution < 1.29 is 29.6 Å². The number of hydrogen-bond donors (Lipinski definition) is 3. The van der Waals surface area contributed by atoms with E-state index in [4.69, 9.17) is 14.6 Å². The van der Waals surface area contributed by atoms with Crippen molar-refractivity contribution in [2.75, 3.05) is 13.2 Å². The van der Waals surface area contributed by atoms with Gasteiger partial charge >= 0.3 is 5.97 Å². The number of esters is 1. The first kappa shape index (κ1) is 31.2. The van der Waals surface area contributed by atoms with Crippen LogP contribution in [0.15, 0.2) is 47.6 Å². The fourth-order valence-electron chi connectivity index (χ4n) is 8.35. The number of hydrogen-bond acceptors (Lipinski definition) is 6. The molecule has 40 heavy (non-hydrogen) atoms. The zero-order chi connectivity index (χ0) is 29.0. The lowest BCUT2D eigenvalue weighted by Crippen LogP contribution is -2.45. The van der Waals surface area contributed by atoms with Crippen LogP contribution < -0.4 is 0 Å². The molecule has 1 aliphatic heterocycles. The van der Waals surface area contributed by atoms with Gasteiger partial charge in [-0.05, 0) is 85.7 Å². The van der Waals surface area contributed by atoms with Crippen molar-refractivity contribution in [3.05, 3.63) is 47.6 Å². The van der Waals surface area contributed by atoms with Gasteiger partial charge in [-0.25, -0.2) is 4.79 Å². The van der Waals surface area contributed by atoms with E-state index in [0.717, 1.165) is 44.1 Å². The summed E-state index contributed by atoms with van der Waals surface area (Å²) in [5.74, 6) is 1.52. The molecule has 4 rings (SSSR count). The van der Waals surface area contributed by atoms with Crippen molar-refractivity contribution >= 4 is 5.97 Å². The van der Waals surface area contributed by atoms with Gasteiger partial charge in [0.2, 0.25) is 0 Å². The monoisotopic (exact) mass is 556 g/mol. The minimum Gasteiger partial charge on any atom is -0.458 e. The first-order valence-electron chi connectivity index (χ1n) is 15.7. The predicted octanol–water partition coefficient (Wildman–Crippen LogP) is 5.82. The lowest BCUT2D eigenvalue weighted by molar-refractivity contribution is -0.140. The molecule has 9 atom stereocenters. The number of carbonyl (C=O) groups is 1. The van der Waals surface area contributed by atoms with Crippen molar-refractivity contribution in [2.45, 2.75) is 116 Å². The standard InChI is InChI=1S/C34H52O6/c1-6-7-11-26-23(4)33(38)40-30(26)19-21(2)27-14-15-28-24(10-8-16-34(27,28)5)12-13-25-20-29(36)32(31(37)22(25)3)39-18-9-17-35/h12-13,21,26-32,35-37H,3-4,6-11,14-20H2,1-2,5H3/t21-,26+,27-,28+,29-,30+,31-,32+,34-/m1/s1. The van der Waals surface area contributed by atoms with Gasteiger partial charge in [-0.2, -0.15) is 0 Å². The van der Waals surface area contributed by atoms with Crippen LogP contribution in [0.4, 0.5) is 0 Å². The summed E-state index contributed by atoms with van der Waals surface area (Å²) >= 11 is 0. The highest BCUT2D eigenvalue weighted by Gasteiger charge is 2.51. The summed E-state index contributed by atoms with van der Waals surface area (Å²) in [5.41, 5.74) is 3.84. The number of unbranched alkanes of at least 4 members (excludes halogenated alkanes) is 1. The van der Waals surface area contributed by atoms with Gasteiger partial charge in [-0.3, -0.25) is 0 Å². The first-order valence-corrected chi connectivity index (χ1v) is 15.7. The molecule has 3 aliphatic carbocycles. The lowest BCUT2D eigenvalue weighted by Gasteiger charge is -2.45. The Balaban J connectivity index is 1.44. The Morgan fingerprint density at radius 3 is 2.67 bits per heavy atom. The van der Waals surface area contributed by atoms with Gasteiger partial charge in [0.15, 0.2) is 0 Å². The fraction of sp³-hybridized carbons (Fsp3) is 0.735. The lowest BCUT2D eigenvalue weighted by atomic mass is 9.60. The largest absolute Gasteiger partial charge is 0.458 e. The molecule has 3 N–H and O–H groups in total. The average Bonchev–Trinajstić information content (AvgIpc) is 3.41. The van der Waals surface area contributed by atoms with Crippen LogP contribution in [0, 0.1) is 29.1 Å². The predicted molar refractivity (Wildman–Crippen MR) is 157 cm³/mol. The summed E-state index contributed by atoms with van der Waals surface area (Å²) in [5, 5.41) is 30.5. The van der Waals surface area contributed by atoms with Gasteiger partial charge < -0.3 is 24.8 Å². The van der Waals surface area contributed by atoms with Crippen LogP contribution in [0.2, 0.25) is 0 Å². The summed E-state index contributed by atoms with van der Waals surface area (Å²) in [6.07, 6.45) is 12.6. The Hall–Kier alpha value is -1.73. The molecule has 1 heterocycles. The van der Waals surface area contributed by atoms with Crippen molar-refractivity contribution in [2.24, 2.45) is 29.1 Å². The minimum atomic E-state index is -0.956. The van der Waals surface area contributed by atoms with E-state index in [-0.39, 0.29) is 30.0 Å². The Labute approximate surface area is 241 Å². The molecule has 224 valence electrons. The topological polar surface area (TPSA) is 96.2 Å². The second-order valence-electron chi connectivity index (χ2n) is 13.1. The number of allylic oxidation sites excluding steroid dienone is 3. The van der Waals surface area contributed by atoms with E-state index in [9.17, 15) is 15.0 Å². The van der Waals surface area contributed by atoms with E-state index in [1.54, 1.807) is 0 Å². The molecule has 6 nitrogen and oxygen atoms in total. The third-order valence-corrected chi connectivity index (χ3v) is 10.6. The van der Waals surface area contributed by atoms with Crippen molar-refractivity contribution in [3.8, 4) is 0 Å². The highest BCUT2D eigenvalue weighted by atomic mass is 16.6. The van der Waals surface area contributed by atoms with Crippen LogP contribution in [0.1, 0.15) is 91.4 Å². The first-order chi connectivity index (χ1) is 19.1. The summed E-state index contributed by atoms with van der Waals surface area (Å²) in [6.45, 7) is 15.5. The summed E-state index contributed by atoms with van der Waals surface area (Å²) in [6, 6.07) is 0. The van der Waals surface area contributed by atoms with E-state index in [0.29, 0.717) is 48.3 Å². The molecule has 4 fully saturated rings. The van der Waals surface area contributed by atoms with Crippen LogP contribution in [0.3, 0.4) is 0 Å². The third kappa shape index (κ3) is 6.35. The summed E-state index contributed by atoms with van der Waals surface area (Å²) in [7, 11) is 0. The Morgan fingerprint density at radius 1 is 1.18 bits per heavy atom. The molecule has 0 aromatic carbocycles. The number of fused-ring (bicyclic) bond motifs is 1. The molecule has 6 heteroatoms. The molecule has 0 amide bonds. The second-order valence-corrected chi connectivity index (χ2v) is 13.1. The fourth-order valence-corrected chi connectivity index (χ4v) is 8.35. The van der Waals surface area contributed by atoms with Crippen molar-refractivity contribution in [1.29, 1.82) is 0 Å². The van der Waals surface area contributed by atoms with Crippen molar-refractivity contribution in [1.82, 2.24) is 0 Å². The van der Waals surface area contributed by atoms with E-state index in [1.165, 1.54) is 24.8 Å². The zero-order valence-electron chi connectivity index (χ0n) is 24.9. The highest BCUT2D eigenvalue weighted by Crippen LogP contribution is 2.60. The quantitative estimate of drug-likeness (QED) is 0.169. The molecule has 0 aromatic rings. The molecule has 0 aromatic heterocycles. The number of aliphatic hydroxyl groups excluding tert-OH is 3. The van der Waals surface area contributed by atoms with Gasteiger partial charge in [0, 0.05) is 31.1 Å². The Kier molecular flexibility index (Phi) is 10.5. The maximum Gasteiger partial charge on any atom is 0.334 e. The third-order valence-electron chi connectivity index (χ3n) is 10.6. The van der Waals surface area contributed by atoms with Crippen molar-refractivity contribution in [3.63, 3.8) is 0 Å². The average molecular weight is 557 g/mol. The zero-order valence-corrected chi connectivity index (χ0v) is 24.9. The molecule has 0 bridgehead atoms. The van der Waals surface area contributed by atoms with Gasteiger partial charge in [0.25, 0.3) is 0 Å². The molecular formula is C34H52O6. The number of aliphatic hydroxyl groups is 3. The maximum atomic E-state index is 12.3. The van der Waals surface area contributed by atoms with Gasteiger partial charge in [-0.1, -0.05) is 64.5 Å². The van der Waals surface area contributed by atoms with Crippen LogP contribution in [-0.2, 0) is 14.3 Å². The van der Waals surface area contributed by atoms with Gasteiger partial charge in [0.1, 0.15) is 18.3 Å². The number of ether oxygens (including phenoxy) is 2. The minimum absolute atomic E-state index is 0.0154. The number of cyclic esters (lactones) is 1. The Morgan fingerprint density at radius 2 is 1.95 bits per heavy atom. The Bertz CT molecular complexity index is 996. The molecule has 3 saturated carbocycles. The summed E-state index contributed by atoms with van der Waals surface area (Å²) < 4.78 is 11.5. The summed E-state index contributed by atoms with van der Waals surface area (Å²) in [4.78, 5) is 12.3. The van der Waals surface area contributed by atoms with Crippen LogP contribution in [0.5, 0.6) is 0 Å². The SMILES string of the molecule is C=C1C(=CC=C2CCC[C@]3(C)[C@@H]([C@H](C)C[C@@H]4OC(=O)C(=C)[C@@H]4CCCC)CC[C@@H]23)C[C@@H](O)[C@H](OCCCO)[C@@H]1O. The molecule has 1 saturated heterocycles. The van der Waals surface area contributed by atoms with Crippen LogP contribution >= 0.6 is 0 Å². The number of carbonyl (C=O) groups excluding carboxylic acids is 1. The van der Waals surface area contributed by atoms with E-state index in [2.05, 4.69) is 46.1 Å². The van der Waals surface area contributed by atoms with Gasteiger partial charge in [-0.15, -0.1) is 0 Å². The van der Waals surface area contributed by atoms with Gasteiger partial charge in [0.05, 0.1) is 6.10 Å². The van der Waals surface area contributed by atoms with E-state index >= 15 is 0 Å². The molecule has 4 aliphatic rings. The van der Waals surface area contributed by atoms with E-state index < -0.39 is 18.3 Å². The molecule has 0 spiro atoms. The molecule has 0 radical (unpaired) electrons.